The van der Waals surface area contributed by atoms with E-state index in [-0.39, 0.29) is 0 Å². The SMILES string of the molecule is C=C(C)c1cccc(-c2cccc(/C=C/C)c2)c1. The Balaban J connectivity index is 2.45. The van der Waals surface area contributed by atoms with Crippen molar-refractivity contribution < 1.29 is 0 Å². The van der Waals surface area contributed by atoms with E-state index in [1.807, 2.05) is 13.8 Å². The minimum Gasteiger partial charge on any atom is -0.0955 e. The molecule has 0 nitrogen and oxygen atoms in total. The predicted octanol–water partition coefficient (Wildman–Crippen LogP) is 5.42. The second-order valence-corrected chi connectivity index (χ2v) is 4.49. The third kappa shape index (κ3) is 2.78. The van der Waals surface area contributed by atoms with E-state index < -0.39 is 0 Å². The Bertz CT molecular complexity index is 588. The summed E-state index contributed by atoms with van der Waals surface area (Å²) in [4.78, 5) is 0. The first-order chi connectivity index (χ1) is 8.70. The maximum atomic E-state index is 4.00. The van der Waals surface area contributed by atoms with Gasteiger partial charge < -0.3 is 0 Å². The van der Waals surface area contributed by atoms with Crippen molar-refractivity contribution in [3.05, 3.63) is 72.3 Å². The van der Waals surface area contributed by atoms with Gasteiger partial charge in [-0.1, -0.05) is 60.7 Å². The highest BCUT2D eigenvalue weighted by Crippen LogP contribution is 2.24. The molecule has 0 amide bonds. The largest absolute Gasteiger partial charge is 0.0955 e. The van der Waals surface area contributed by atoms with E-state index in [1.165, 1.54) is 22.3 Å². The van der Waals surface area contributed by atoms with E-state index in [1.54, 1.807) is 0 Å². The standard InChI is InChI=1S/C18H18/c1-4-7-15-8-5-10-17(12-15)18-11-6-9-16(13-18)14(2)3/h4-13H,2H2,1,3H3/b7-4+. The van der Waals surface area contributed by atoms with E-state index in [0.29, 0.717) is 0 Å². The molecule has 2 aromatic rings. The van der Waals surface area contributed by atoms with Crippen molar-refractivity contribution in [2.24, 2.45) is 0 Å². The van der Waals surface area contributed by atoms with Gasteiger partial charge in [0.2, 0.25) is 0 Å². The van der Waals surface area contributed by atoms with Gasteiger partial charge in [-0.15, -0.1) is 0 Å². The molecule has 0 unspecified atom stereocenters. The van der Waals surface area contributed by atoms with Crippen LogP contribution in [-0.2, 0) is 0 Å². The highest BCUT2D eigenvalue weighted by atomic mass is 14.0. The van der Waals surface area contributed by atoms with Crippen molar-refractivity contribution in [2.45, 2.75) is 13.8 Å². The van der Waals surface area contributed by atoms with Gasteiger partial charge in [0.15, 0.2) is 0 Å². The maximum absolute atomic E-state index is 4.00. The van der Waals surface area contributed by atoms with Crippen molar-refractivity contribution in [2.75, 3.05) is 0 Å². The number of benzene rings is 2. The molecule has 2 rings (SSSR count). The molecule has 0 heteroatoms. The Hall–Kier alpha value is -2.08. The summed E-state index contributed by atoms with van der Waals surface area (Å²) in [5.41, 5.74) is 6.01. The van der Waals surface area contributed by atoms with Gasteiger partial charge in [0.25, 0.3) is 0 Å². The van der Waals surface area contributed by atoms with Crippen LogP contribution in [0.4, 0.5) is 0 Å². The molecule has 0 saturated carbocycles. The lowest BCUT2D eigenvalue weighted by Gasteiger charge is -2.06. The summed E-state index contributed by atoms with van der Waals surface area (Å²) in [7, 11) is 0. The lowest BCUT2D eigenvalue weighted by Crippen LogP contribution is -1.82. The zero-order valence-corrected chi connectivity index (χ0v) is 11.0. The molecule has 0 spiro atoms. The second kappa shape index (κ2) is 5.50. The number of hydrogen-bond donors (Lipinski definition) is 0. The third-order valence-electron chi connectivity index (χ3n) is 2.93. The van der Waals surface area contributed by atoms with Gasteiger partial charge in [-0.25, -0.2) is 0 Å². The summed E-state index contributed by atoms with van der Waals surface area (Å²) < 4.78 is 0. The lowest BCUT2D eigenvalue weighted by molar-refractivity contribution is 1.55. The van der Waals surface area contributed by atoms with Crippen molar-refractivity contribution in [1.82, 2.24) is 0 Å². The monoisotopic (exact) mass is 234 g/mol. The minimum atomic E-state index is 1.10. The van der Waals surface area contributed by atoms with E-state index in [2.05, 4.69) is 67.3 Å². The summed E-state index contributed by atoms with van der Waals surface area (Å²) in [6, 6.07) is 17.1. The van der Waals surface area contributed by atoms with E-state index in [0.717, 1.165) is 5.57 Å². The molecule has 90 valence electrons. The Kier molecular flexibility index (Phi) is 3.78. The molecule has 0 fully saturated rings. The van der Waals surface area contributed by atoms with Crippen LogP contribution in [0.25, 0.3) is 22.8 Å². The third-order valence-corrected chi connectivity index (χ3v) is 2.93. The van der Waals surface area contributed by atoms with E-state index >= 15 is 0 Å². The van der Waals surface area contributed by atoms with Crippen LogP contribution in [0.5, 0.6) is 0 Å². The summed E-state index contributed by atoms with van der Waals surface area (Å²) in [5, 5.41) is 0. The molecule has 2 aromatic carbocycles. The van der Waals surface area contributed by atoms with Gasteiger partial charge in [-0.2, -0.15) is 0 Å². The number of hydrogen-bond acceptors (Lipinski definition) is 0. The molecular weight excluding hydrogens is 216 g/mol. The molecule has 0 saturated heterocycles. The fourth-order valence-electron chi connectivity index (χ4n) is 1.98. The first kappa shape index (κ1) is 12.4. The average Bonchev–Trinajstić information content (AvgIpc) is 2.39. The van der Waals surface area contributed by atoms with Crippen LogP contribution in [-0.4, -0.2) is 0 Å². The van der Waals surface area contributed by atoms with Crippen molar-refractivity contribution in [3.63, 3.8) is 0 Å². The molecule has 0 aliphatic rings. The Morgan fingerprint density at radius 3 is 2.33 bits per heavy atom. The molecule has 0 aromatic heterocycles. The van der Waals surface area contributed by atoms with Crippen LogP contribution in [0.1, 0.15) is 25.0 Å². The summed E-state index contributed by atoms with van der Waals surface area (Å²) in [6.07, 6.45) is 4.18. The van der Waals surface area contributed by atoms with Crippen molar-refractivity contribution in [3.8, 4) is 11.1 Å². The predicted molar refractivity (Wildman–Crippen MR) is 81.3 cm³/mol. The van der Waals surface area contributed by atoms with Gasteiger partial charge in [0.05, 0.1) is 0 Å². The molecule has 0 bridgehead atoms. The van der Waals surface area contributed by atoms with Gasteiger partial charge in [0.1, 0.15) is 0 Å². The molecule has 0 radical (unpaired) electrons. The smallest absolute Gasteiger partial charge is 0.0178 e. The Morgan fingerprint density at radius 1 is 1.00 bits per heavy atom. The fourth-order valence-corrected chi connectivity index (χ4v) is 1.98. The van der Waals surface area contributed by atoms with Gasteiger partial charge in [-0.3, -0.25) is 0 Å². The van der Waals surface area contributed by atoms with Crippen LogP contribution < -0.4 is 0 Å². The van der Waals surface area contributed by atoms with Gasteiger partial charge in [0, 0.05) is 0 Å². The Morgan fingerprint density at radius 2 is 1.67 bits per heavy atom. The van der Waals surface area contributed by atoms with Crippen LogP contribution >= 0.6 is 0 Å². The van der Waals surface area contributed by atoms with Crippen molar-refractivity contribution in [1.29, 1.82) is 0 Å². The molecule has 18 heavy (non-hydrogen) atoms. The van der Waals surface area contributed by atoms with Crippen LogP contribution in [0, 0.1) is 0 Å². The summed E-state index contributed by atoms with van der Waals surface area (Å²) in [5.74, 6) is 0. The van der Waals surface area contributed by atoms with Crippen molar-refractivity contribution >= 4 is 11.6 Å². The second-order valence-electron chi connectivity index (χ2n) is 4.49. The topological polar surface area (TPSA) is 0 Å². The average molecular weight is 234 g/mol. The molecule has 0 aliphatic heterocycles. The molecular formula is C18H18. The molecule has 0 aliphatic carbocycles. The highest BCUT2D eigenvalue weighted by Gasteiger charge is 2.00. The first-order valence-corrected chi connectivity index (χ1v) is 6.20. The maximum Gasteiger partial charge on any atom is -0.0178 e. The van der Waals surface area contributed by atoms with Crippen LogP contribution in [0.2, 0.25) is 0 Å². The minimum absolute atomic E-state index is 1.10. The van der Waals surface area contributed by atoms with Gasteiger partial charge in [-0.05, 0) is 48.2 Å². The quantitative estimate of drug-likeness (QED) is 0.665. The number of rotatable bonds is 3. The van der Waals surface area contributed by atoms with Crippen LogP contribution in [0.15, 0.2) is 61.2 Å². The Labute approximate surface area is 109 Å². The van der Waals surface area contributed by atoms with Crippen LogP contribution in [0.3, 0.4) is 0 Å². The molecule has 0 N–H and O–H groups in total. The molecule has 0 atom stereocenters. The zero-order chi connectivity index (χ0) is 13.0. The highest BCUT2D eigenvalue weighted by molar-refractivity contribution is 5.72. The first-order valence-electron chi connectivity index (χ1n) is 6.20. The van der Waals surface area contributed by atoms with Gasteiger partial charge >= 0.3 is 0 Å². The van der Waals surface area contributed by atoms with E-state index in [9.17, 15) is 0 Å². The fraction of sp³-hybridized carbons (Fsp3) is 0.111. The van der Waals surface area contributed by atoms with E-state index in [4.69, 9.17) is 0 Å². The number of allylic oxidation sites excluding steroid dienone is 2. The molecule has 0 heterocycles. The summed E-state index contributed by atoms with van der Waals surface area (Å²) >= 11 is 0. The normalized spacial score (nSPS) is 10.8. The zero-order valence-electron chi connectivity index (χ0n) is 11.0. The lowest BCUT2D eigenvalue weighted by atomic mass is 9.99. The summed E-state index contributed by atoms with van der Waals surface area (Å²) in [6.45, 7) is 8.07.